The van der Waals surface area contributed by atoms with Gasteiger partial charge in [-0.3, -0.25) is 9.69 Å². The summed E-state index contributed by atoms with van der Waals surface area (Å²) >= 11 is 1.73. The van der Waals surface area contributed by atoms with Gasteiger partial charge in [0.25, 0.3) is 0 Å². The van der Waals surface area contributed by atoms with E-state index in [2.05, 4.69) is 4.90 Å². The van der Waals surface area contributed by atoms with Crippen molar-refractivity contribution in [1.29, 1.82) is 0 Å². The maximum atomic E-state index is 12.2. The molecule has 1 aliphatic rings. The molecule has 6 heteroatoms. The van der Waals surface area contributed by atoms with Crippen molar-refractivity contribution in [3.8, 4) is 0 Å². The van der Waals surface area contributed by atoms with E-state index in [9.17, 15) is 4.79 Å². The van der Waals surface area contributed by atoms with Crippen LogP contribution in [0.25, 0.3) is 0 Å². The van der Waals surface area contributed by atoms with Gasteiger partial charge in [0, 0.05) is 26.2 Å². The molecular weight excluding hydrogens is 274 g/mol. The minimum Gasteiger partial charge on any atom is -0.468 e. The van der Waals surface area contributed by atoms with Gasteiger partial charge in [-0.05, 0) is 30.6 Å². The molecule has 0 bridgehead atoms. The average molecular weight is 297 g/mol. The third kappa shape index (κ3) is 4.26. The molecule has 2 heterocycles. The lowest BCUT2D eigenvalue weighted by Crippen LogP contribution is -2.53. The number of thioether (sulfide) groups is 1. The second-order valence-corrected chi connectivity index (χ2v) is 6.05. The molecule has 1 amide bonds. The molecule has 5 nitrogen and oxygen atoms in total. The van der Waals surface area contributed by atoms with Crippen molar-refractivity contribution in [2.45, 2.75) is 19.0 Å². The van der Waals surface area contributed by atoms with E-state index in [-0.39, 0.29) is 11.9 Å². The van der Waals surface area contributed by atoms with Crippen LogP contribution in [0.2, 0.25) is 0 Å². The van der Waals surface area contributed by atoms with E-state index in [4.69, 9.17) is 10.2 Å². The highest BCUT2D eigenvalue weighted by Gasteiger charge is 2.25. The fourth-order valence-electron chi connectivity index (χ4n) is 2.35. The first-order valence-corrected chi connectivity index (χ1v) is 8.38. The summed E-state index contributed by atoms with van der Waals surface area (Å²) in [7, 11) is 0. The topological polar surface area (TPSA) is 62.7 Å². The van der Waals surface area contributed by atoms with Crippen molar-refractivity contribution >= 4 is 17.7 Å². The van der Waals surface area contributed by atoms with Gasteiger partial charge < -0.3 is 15.1 Å². The van der Waals surface area contributed by atoms with E-state index in [1.54, 1.807) is 18.0 Å². The van der Waals surface area contributed by atoms with Gasteiger partial charge in [0.1, 0.15) is 5.76 Å². The lowest BCUT2D eigenvalue weighted by molar-refractivity contribution is -0.134. The van der Waals surface area contributed by atoms with Gasteiger partial charge in [0.15, 0.2) is 0 Å². The number of hydrogen-bond acceptors (Lipinski definition) is 5. The highest BCUT2D eigenvalue weighted by Crippen LogP contribution is 2.10. The largest absolute Gasteiger partial charge is 0.468 e. The summed E-state index contributed by atoms with van der Waals surface area (Å²) in [5.74, 6) is 2.00. The van der Waals surface area contributed by atoms with Crippen LogP contribution in [-0.4, -0.2) is 59.9 Å². The Kier molecular flexibility index (Phi) is 5.94. The van der Waals surface area contributed by atoms with E-state index >= 15 is 0 Å². The van der Waals surface area contributed by atoms with Crippen LogP contribution >= 0.6 is 11.8 Å². The number of nitrogens with zero attached hydrogens (tertiary/aromatic N) is 2. The highest BCUT2D eigenvalue weighted by molar-refractivity contribution is 7.98. The molecule has 0 spiro atoms. The average Bonchev–Trinajstić information content (AvgIpc) is 2.97. The number of nitrogens with two attached hydrogens (primary N) is 1. The third-order valence-corrected chi connectivity index (χ3v) is 4.24. The summed E-state index contributed by atoms with van der Waals surface area (Å²) in [6, 6.07) is 3.54. The fraction of sp³-hybridized carbons (Fsp3) is 0.643. The normalized spacial score (nSPS) is 18.2. The number of rotatable bonds is 6. The number of hydrogen-bond donors (Lipinski definition) is 1. The van der Waals surface area contributed by atoms with Crippen LogP contribution < -0.4 is 5.73 Å². The van der Waals surface area contributed by atoms with Crippen LogP contribution in [0.5, 0.6) is 0 Å². The first-order chi connectivity index (χ1) is 9.70. The van der Waals surface area contributed by atoms with Crippen LogP contribution in [0.4, 0.5) is 0 Å². The summed E-state index contributed by atoms with van der Waals surface area (Å²) in [5.41, 5.74) is 5.95. The van der Waals surface area contributed by atoms with Crippen LogP contribution in [-0.2, 0) is 11.3 Å². The Morgan fingerprint density at radius 2 is 2.20 bits per heavy atom. The zero-order valence-corrected chi connectivity index (χ0v) is 12.8. The van der Waals surface area contributed by atoms with Crippen molar-refractivity contribution in [2.24, 2.45) is 5.73 Å². The molecule has 1 fully saturated rings. The smallest absolute Gasteiger partial charge is 0.239 e. The van der Waals surface area contributed by atoms with Crippen LogP contribution in [0.15, 0.2) is 22.8 Å². The zero-order valence-electron chi connectivity index (χ0n) is 12.0. The molecule has 2 rings (SSSR count). The van der Waals surface area contributed by atoms with Gasteiger partial charge in [-0.15, -0.1) is 0 Å². The molecule has 0 aromatic carbocycles. The van der Waals surface area contributed by atoms with Gasteiger partial charge in [0.2, 0.25) is 5.91 Å². The Labute approximate surface area is 124 Å². The molecule has 0 aliphatic carbocycles. The maximum Gasteiger partial charge on any atom is 0.239 e. The molecule has 112 valence electrons. The predicted molar refractivity (Wildman–Crippen MR) is 81.5 cm³/mol. The van der Waals surface area contributed by atoms with Crippen molar-refractivity contribution in [3.63, 3.8) is 0 Å². The summed E-state index contributed by atoms with van der Waals surface area (Å²) < 4.78 is 5.35. The first-order valence-electron chi connectivity index (χ1n) is 6.98. The molecule has 0 saturated carbocycles. The van der Waals surface area contributed by atoms with Gasteiger partial charge in [-0.25, -0.2) is 0 Å². The number of amides is 1. The first kappa shape index (κ1) is 15.4. The van der Waals surface area contributed by atoms with Gasteiger partial charge in [-0.2, -0.15) is 11.8 Å². The second-order valence-electron chi connectivity index (χ2n) is 5.07. The van der Waals surface area contributed by atoms with Crippen molar-refractivity contribution < 1.29 is 9.21 Å². The summed E-state index contributed by atoms with van der Waals surface area (Å²) in [6.45, 7) is 4.08. The van der Waals surface area contributed by atoms with Gasteiger partial charge >= 0.3 is 0 Å². The van der Waals surface area contributed by atoms with Crippen molar-refractivity contribution in [3.05, 3.63) is 24.2 Å². The van der Waals surface area contributed by atoms with Gasteiger partial charge in [0.05, 0.1) is 18.8 Å². The number of furan rings is 1. The number of piperazine rings is 1. The quantitative estimate of drug-likeness (QED) is 0.849. The molecular formula is C14H23N3O2S. The SMILES string of the molecule is CSCC[C@H](N)C(=O)N1CCN(Cc2ccco2)CC1. The monoisotopic (exact) mass is 297 g/mol. The zero-order chi connectivity index (χ0) is 14.4. The Hall–Kier alpha value is -0.980. The Balaban J connectivity index is 1.74. The fourth-order valence-corrected chi connectivity index (χ4v) is 2.84. The summed E-state index contributed by atoms with van der Waals surface area (Å²) in [6.07, 6.45) is 4.48. The summed E-state index contributed by atoms with van der Waals surface area (Å²) in [5, 5.41) is 0. The maximum absolute atomic E-state index is 12.2. The summed E-state index contributed by atoms with van der Waals surface area (Å²) in [4.78, 5) is 16.4. The van der Waals surface area contributed by atoms with Crippen molar-refractivity contribution in [1.82, 2.24) is 9.80 Å². The molecule has 1 aliphatic heterocycles. The van der Waals surface area contributed by atoms with Crippen LogP contribution in [0, 0.1) is 0 Å². The Morgan fingerprint density at radius 1 is 1.45 bits per heavy atom. The minimum atomic E-state index is -0.348. The highest BCUT2D eigenvalue weighted by atomic mass is 32.2. The molecule has 1 saturated heterocycles. The lowest BCUT2D eigenvalue weighted by atomic mass is 10.2. The van der Waals surface area contributed by atoms with Crippen molar-refractivity contribution in [2.75, 3.05) is 38.2 Å². The number of carbonyl (C=O) groups excluding carboxylic acids is 1. The van der Waals surface area contributed by atoms with E-state index in [0.717, 1.165) is 50.7 Å². The molecule has 1 aromatic heterocycles. The van der Waals surface area contributed by atoms with Crippen LogP contribution in [0.3, 0.4) is 0 Å². The molecule has 0 radical (unpaired) electrons. The van der Waals surface area contributed by atoms with Crippen LogP contribution in [0.1, 0.15) is 12.2 Å². The molecule has 2 N–H and O–H groups in total. The second kappa shape index (κ2) is 7.71. The predicted octanol–water partition coefficient (Wildman–Crippen LogP) is 1.00. The molecule has 20 heavy (non-hydrogen) atoms. The van der Waals surface area contributed by atoms with Gasteiger partial charge in [-0.1, -0.05) is 0 Å². The Bertz CT molecular complexity index is 403. The van der Waals surface area contributed by atoms with E-state index in [1.807, 2.05) is 23.3 Å². The standard InChI is InChI=1S/C14H23N3O2S/c1-20-10-4-13(15)14(18)17-7-5-16(6-8-17)11-12-3-2-9-19-12/h2-3,9,13H,4-8,10-11,15H2,1H3/t13-/m0/s1. The minimum absolute atomic E-state index is 0.0942. The van der Waals surface area contributed by atoms with E-state index < -0.39 is 0 Å². The Morgan fingerprint density at radius 3 is 2.80 bits per heavy atom. The lowest BCUT2D eigenvalue weighted by Gasteiger charge is -2.35. The third-order valence-electron chi connectivity index (χ3n) is 3.59. The molecule has 0 unspecified atom stereocenters. The number of carbonyl (C=O) groups is 1. The molecule has 1 atom stereocenters. The molecule has 1 aromatic rings. The van der Waals surface area contributed by atoms with E-state index in [0.29, 0.717) is 0 Å². The van der Waals surface area contributed by atoms with E-state index in [1.165, 1.54) is 0 Å².